The first kappa shape index (κ1) is 11.2. The average molecular weight is 243 g/mol. The summed E-state index contributed by atoms with van der Waals surface area (Å²) in [6, 6.07) is 6.07. The van der Waals surface area contributed by atoms with E-state index in [2.05, 4.69) is 30.8 Å². The van der Waals surface area contributed by atoms with Gasteiger partial charge in [0.2, 0.25) is 0 Å². The fraction of sp³-hybridized carbons (Fsp3) is 0.385. The van der Waals surface area contributed by atoms with Gasteiger partial charge in [0.25, 0.3) is 0 Å². The van der Waals surface area contributed by atoms with E-state index < -0.39 is 0 Å². The summed E-state index contributed by atoms with van der Waals surface area (Å²) >= 11 is 0. The van der Waals surface area contributed by atoms with Crippen LogP contribution in [0, 0.1) is 0 Å². The predicted octanol–water partition coefficient (Wildman–Crippen LogP) is 1.13. The Bertz CT molecular complexity index is 459. The molecule has 5 nitrogen and oxygen atoms in total. The number of nitrogens with one attached hydrogen (secondary N) is 1. The summed E-state index contributed by atoms with van der Waals surface area (Å²) in [5.41, 5.74) is 1.18. The maximum absolute atomic E-state index is 4.39. The minimum Gasteiger partial charge on any atom is -0.354 e. The highest BCUT2D eigenvalue weighted by molar-refractivity contribution is 5.38. The number of aromatic amines is 1. The van der Waals surface area contributed by atoms with Crippen LogP contribution in [0.3, 0.4) is 0 Å². The van der Waals surface area contributed by atoms with Crippen LogP contribution in [-0.2, 0) is 6.54 Å². The lowest BCUT2D eigenvalue weighted by Gasteiger charge is -2.35. The van der Waals surface area contributed by atoms with Gasteiger partial charge >= 0.3 is 0 Å². The fourth-order valence-corrected chi connectivity index (χ4v) is 2.29. The van der Waals surface area contributed by atoms with Crippen LogP contribution < -0.4 is 4.90 Å². The Morgan fingerprint density at radius 2 is 2.06 bits per heavy atom. The van der Waals surface area contributed by atoms with Crippen LogP contribution in [0.4, 0.5) is 5.82 Å². The van der Waals surface area contributed by atoms with Crippen LogP contribution >= 0.6 is 0 Å². The molecule has 0 saturated carbocycles. The molecule has 0 spiro atoms. The van der Waals surface area contributed by atoms with Crippen molar-refractivity contribution >= 4 is 5.82 Å². The third-order valence-corrected chi connectivity index (χ3v) is 3.29. The third kappa shape index (κ3) is 2.51. The summed E-state index contributed by atoms with van der Waals surface area (Å²) < 4.78 is 0. The van der Waals surface area contributed by atoms with Crippen LogP contribution in [0.5, 0.6) is 0 Å². The molecular weight excluding hydrogens is 226 g/mol. The zero-order chi connectivity index (χ0) is 12.2. The molecule has 0 bridgehead atoms. The van der Waals surface area contributed by atoms with Crippen molar-refractivity contribution in [3.05, 3.63) is 42.6 Å². The molecule has 1 aliphatic heterocycles. The Morgan fingerprint density at radius 3 is 2.72 bits per heavy atom. The second kappa shape index (κ2) is 5.18. The summed E-state index contributed by atoms with van der Waals surface area (Å²) in [7, 11) is 0. The third-order valence-electron chi connectivity index (χ3n) is 3.29. The van der Waals surface area contributed by atoms with E-state index in [-0.39, 0.29) is 0 Å². The van der Waals surface area contributed by atoms with E-state index in [0.29, 0.717) is 0 Å². The summed E-state index contributed by atoms with van der Waals surface area (Å²) in [6.45, 7) is 5.15. The standard InChI is InChI=1S/C13H17N5/c1-2-4-15-13(3-1)18-7-5-17(6-8-18)10-12-9-14-11-16-12/h1-4,9,11H,5-8,10H2,(H,14,16). The van der Waals surface area contributed by atoms with Crippen molar-refractivity contribution in [1.29, 1.82) is 0 Å². The maximum atomic E-state index is 4.39. The number of hydrogen-bond acceptors (Lipinski definition) is 4. The van der Waals surface area contributed by atoms with Gasteiger partial charge in [-0.25, -0.2) is 9.97 Å². The molecule has 3 heterocycles. The average Bonchev–Trinajstić information content (AvgIpc) is 2.94. The number of hydrogen-bond donors (Lipinski definition) is 1. The first-order valence-electron chi connectivity index (χ1n) is 6.27. The highest BCUT2D eigenvalue weighted by Crippen LogP contribution is 2.13. The SMILES string of the molecule is c1ccc(N2CCN(Cc3cnc[nH]3)CC2)nc1. The molecular formula is C13H17N5. The highest BCUT2D eigenvalue weighted by atomic mass is 15.3. The minimum absolute atomic E-state index is 0.954. The van der Waals surface area contributed by atoms with Crippen LogP contribution in [0.1, 0.15) is 5.69 Å². The van der Waals surface area contributed by atoms with Crippen molar-refractivity contribution in [2.75, 3.05) is 31.1 Å². The van der Waals surface area contributed by atoms with Gasteiger partial charge in [-0.05, 0) is 12.1 Å². The van der Waals surface area contributed by atoms with E-state index in [1.807, 2.05) is 24.5 Å². The number of nitrogens with zero attached hydrogens (tertiary/aromatic N) is 4. The lowest BCUT2D eigenvalue weighted by atomic mass is 10.3. The molecule has 1 saturated heterocycles. The van der Waals surface area contributed by atoms with Gasteiger partial charge < -0.3 is 9.88 Å². The number of aromatic nitrogens is 3. The van der Waals surface area contributed by atoms with Crippen LogP contribution in [-0.4, -0.2) is 46.0 Å². The molecule has 0 amide bonds. The molecule has 5 heteroatoms. The van der Waals surface area contributed by atoms with Gasteiger partial charge in [-0.2, -0.15) is 0 Å². The van der Waals surface area contributed by atoms with Crippen molar-refractivity contribution in [3.8, 4) is 0 Å². The van der Waals surface area contributed by atoms with Crippen molar-refractivity contribution in [1.82, 2.24) is 19.9 Å². The predicted molar refractivity (Wildman–Crippen MR) is 70.3 cm³/mol. The monoisotopic (exact) mass is 243 g/mol. The molecule has 3 rings (SSSR count). The molecule has 0 unspecified atom stereocenters. The summed E-state index contributed by atoms with van der Waals surface area (Å²) in [5, 5.41) is 0. The number of H-pyrrole nitrogens is 1. The molecule has 0 aromatic carbocycles. The fourth-order valence-electron chi connectivity index (χ4n) is 2.29. The van der Waals surface area contributed by atoms with E-state index in [0.717, 1.165) is 38.5 Å². The number of pyridine rings is 1. The molecule has 1 N–H and O–H groups in total. The Balaban J connectivity index is 1.55. The van der Waals surface area contributed by atoms with Crippen LogP contribution in [0.15, 0.2) is 36.9 Å². The minimum atomic E-state index is 0.954. The van der Waals surface area contributed by atoms with E-state index in [4.69, 9.17) is 0 Å². The van der Waals surface area contributed by atoms with Crippen molar-refractivity contribution in [2.45, 2.75) is 6.54 Å². The highest BCUT2D eigenvalue weighted by Gasteiger charge is 2.17. The summed E-state index contributed by atoms with van der Waals surface area (Å²) in [5.74, 6) is 1.08. The smallest absolute Gasteiger partial charge is 0.128 e. The van der Waals surface area contributed by atoms with Gasteiger partial charge in [0.15, 0.2) is 0 Å². The van der Waals surface area contributed by atoms with E-state index in [1.54, 1.807) is 6.33 Å². The Hall–Kier alpha value is -1.88. The van der Waals surface area contributed by atoms with Crippen molar-refractivity contribution in [3.63, 3.8) is 0 Å². The molecule has 0 radical (unpaired) electrons. The molecule has 94 valence electrons. The van der Waals surface area contributed by atoms with Crippen molar-refractivity contribution < 1.29 is 0 Å². The normalized spacial score (nSPS) is 17.0. The molecule has 1 aliphatic rings. The maximum Gasteiger partial charge on any atom is 0.128 e. The van der Waals surface area contributed by atoms with Gasteiger partial charge in [0, 0.05) is 50.8 Å². The summed E-state index contributed by atoms with van der Waals surface area (Å²) in [4.78, 5) is 16.4. The first-order chi connectivity index (χ1) is 8.92. The molecule has 18 heavy (non-hydrogen) atoms. The van der Waals surface area contributed by atoms with Gasteiger partial charge in [-0.3, -0.25) is 4.90 Å². The van der Waals surface area contributed by atoms with Crippen molar-refractivity contribution in [2.24, 2.45) is 0 Å². The molecule has 2 aromatic heterocycles. The van der Waals surface area contributed by atoms with E-state index in [1.165, 1.54) is 5.69 Å². The summed E-state index contributed by atoms with van der Waals surface area (Å²) in [6.07, 6.45) is 5.48. The Kier molecular flexibility index (Phi) is 3.23. The molecule has 0 atom stereocenters. The van der Waals surface area contributed by atoms with E-state index in [9.17, 15) is 0 Å². The first-order valence-corrected chi connectivity index (χ1v) is 6.27. The van der Waals surface area contributed by atoms with Gasteiger partial charge in [-0.15, -0.1) is 0 Å². The van der Waals surface area contributed by atoms with Gasteiger partial charge in [-0.1, -0.05) is 6.07 Å². The second-order valence-corrected chi connectivity index (χ2v) is 4.53. The lowest BCUT2D eigenvalue weighted by molar-refractivity contribution is 0.247. The Morgan fingerprint density at radius 1 is 1.17 bits per heavy atom. The zero-order valence-electron chi connectivity index (χ0n) is 10.3. The lowest BCUT2D eigenvalue weighted by Crippen LogP contribution is -2.46. The molecule has 2 aromatic rings. The quantitative estimate of drug-likeness (QED) is 0.878. The Labute approximate surface area is 106 Å². The second-order valence-electron chi connectivity index (χ2n) is 4.53. The van der Waals surface area contributed by atoms with Crippen LogP contribution in [0.25, 0.3) is 0 Å². The van der Waals surface area contributed by atoms with Gasteiger partial charge in [0.1, 0.15) is 5.82 Å². The van der Waals surface area contributed by atoms with Gasteiger partial charge in [0.05, 0.1) is 6.33 Å². The van der Waals surface area contributed by atoms with E-state index >= 15 is 0 Å². The largest absolute Gasteiger partial charge is 0.354 e. The number of rotatable bonds is 3. The number of imidazole rings is 1. The van der Waals surface area contributed by atoms with Crippen LogP contribution in [0.2, 0.25) is 0 Å². The number of piperazine rings is 1. The molecule has 1 fully saturated rings. The number of anilines is 1. The topological polar surface area (TPSA) is 48.0 Å². The molecule has 0 aliphatic carbocycles. The zero-order valence-corrected chi connectivity index (χ0v) is 10.3.